The van der Waals surface area contributed by atoms with Gasteiger partial charge in [-0.2, -0.15) is 5.11 Å². The van der Waals surface area contributed by atoms with Gasteiger partial charge in [0.05, 0.1) is 26.8 Å². The predicted octanol–water partition coefficient (Wildman–Crippen LogP) is 5.16. The highest BCUT2D eigenvalue weighted by atomic mass is 16.3. The van der Waals surface area contributed by atoms with Crippen molar-refractivity contribution in [1.82, 2.24) is 4.48 Å². The van der Waals surface area contributed by atoms with E-state index in [1.807, 2.05) is 36.4 Å². The van der Waals surface area contributed by atoms with Crippen LogP contribution in [0.15, 0.2) is 70.9 Å². The molecule has 116 valence electrons. The van der Waals surface area contributed by atoms with Crippen LogP contribution in [-0.4, -0.2) is 26.2 Å². The van der Waals surface area contributed by atoms with Crippen LogP contribution < -0.4 is 4.48 Å². The first-order valence-electron chi connectivity index (χ1n) is 7.50. The minimum absolute atomic E-state index is 0.135. The van der Waals surface area contributed by atoms with Crippen molar-refractivity contribution >= 4 is 27.8 Å². The van der Waals surface area contributed by atoms with Gasteiger partial charge in [0.1, 0.15) is 17.1 Å². The van der Waals surface area contributed by atoms with E-state index in [1.165, 1.54) is 0 Å². The standard InChI is InChI=1S/C19H19N3O/c1-22(2,3)16-11-9-14-10-12-18(23)19(17(14)13-16)21-20-15-7-5-4-6-8-15/h4-13H,1-3H3/p+1. The van der Waals surface area contributed by atoms with Gasteiger partial charge < -0.3 is 5.11 Å². The number of nitrogens with zero attached hydrogens (tertiary/aromatic N) is 3. The fourth-order valence-corrected chi connectivity index (χ4v) is 2.41. The van der Waals surface area contributed by atoms with Crippen molar-refractivity contribution in [2.75, 3.05) is 21.1 Å². The van der Waals surface area contributed by atoms with Crippen molar-refractivity contribution in [2.24, 2.45) is 10.2 Å². The third kappa shape index (κ3) is 3.22. The topological polar surface area (TPSA) is 45.0 Å². The first-order valence-corrected chi connectivity index (χ1v) is 7.50. The molecule has 0 radical (unpaired) electrons. The third-order valence-corrected chi connectivity index (χ3v) is 3.75. The smallest absolute Gasteiger partial charge is 0.143 e. The van der Waals surface area contributed by atoms with E-state index in [0.29, 0.717) is 10.2 Å². The quantitative estimate of drug-likeness (QED) is 0.527. The number of azo groups is 1. The van der Waals surface area contributed by atoms with E-state index in [-0.39, 0.29) is 5.75 Å². The summed E-state index contributed by atoms with van der Waals surface area (Å²) in [5, 5.41) is 20.7. The summed E-state index contributed by atoms with van der Waals surface area (Å²) >= 11 is 0. The highest BCUT2D eigenvalue weighted by Crippen LogP contribution is 2.38. The van der Waals surface area contributed by atoms with Crippen LogP contribution in [0.25, 0.3) is 10.8 Å². The number of benzene rings is 3. The second kappa shape index (κ2) is 5.82. The molecule has 0 bridgehead atoms. The Morgan fingerprint density at radius 1 is 0.826 bits per heavy atom. The Balaban J connectivity index is 2.14. The molecule has 4 heteroatoms. The Kier molecular flexibility index (Phi) is 3.84. The maximum atomic E-state index is 10.2. The van der Waals surface area contributed by atoms with E-state index in [2.05, 4.69) is 49.6 Å². The molecule has 0 atom stereocenters. The predicted molar refractivity (Wildman–Crippen MR) is 95.8 cm³/mol. The second-order valence-corrected chi connectivity index (χ2v) is 6.39. The van der Waals surface area contributed by atoms with E-state index >= 15 is 0 Å². The maximum Gasteiger partial charge on any atom is 0.143 e. The minimum Gasteiger partial charge on any atom is -0.506 e. The Bertz CT molecular complexity index is 865. The summed E-state index contributed by atoms with van der Waals surface area (Å²) < 4.78 is 0.695. The van der Waals surface area contributed by atoms with Crippen molar-refractivity contribution in [3.05, 3.63) is 60.7 Å². The SMILES string of the molecule is C[N+](C)(C)c1ccc2ccc(O)c(N=Nc3ccccc3)c2c1. The van der Waals surface area contributed by atoms with E-state index in [4.69, 9.17) is 0 Å². The molecule has 0 spiro atoms. The largest absolute Gasteiger partial charge is 0.506 e. The molecule has 0 aliphatic heterocycles. The Morgan fingerprint density at radius 2 is 1.52 bits per heavy atom. The lowest BCUT2D eigenvalue weighted by molar-refractivity contribution is 0.477. The molecule has 0 aliphatic carbocycles. The summed E-state index contributed by atoms with van der Waals surface area (Å²) in [4.78, 5) is 0. The minimum atomic E-state index is 0.135. The summed E-state index contributed by atoms with van der Waals surface area (Å²) in [6, 6.07) is 19.3. The van der Waals surface area contributed by atoms with Crippen molar-refractivity contribution in [1.29, 1.82) is 0 Å². The number of aromatic hydroxyl groups is 1. The first kappa shape index (κ1) is 15.2. The van der Waals surface area contributed by atoms with Crippen LogP contribution in [0.1, 0.15) is 0 Å². The fourth-order valence-electron chi connectivity index (χ4n) is 2.41. The summed E-state index contributed by atoms with van der Waals surface area (Å²) in [7, 11) is 6.32. The second-order valence-electron chi connectivity index (χ2n) is 6.39. The van der Waals surface area contributed by atoms with Gasteiger partial charge in [0.25, 0.3) is 0 Å². The zero-order valence-corrected chi connectivity index (χ0v) is 13.6. The molecule has 0 heterocycles. The van der Waals surface area contributed by atoms with Crippen molar-refractivity contribution in [3.8, 4) is 5.75 Å². The molecule has 4 nitrogen and oxygen atoms in total. The van der Waals surface area contributed by atoms with Crippen LogP contribution in [-0.2, 0) is 0 Å². The average molecular weight is 306 g/mol. The maximum absolute atomic E-state index is 10.2. The van der Waals surface area contributed by atoms with Crippen LogP contribution in [0.4, 0.5) is 17.1 Å². The summed E-state index contributed by atoms with van der Waals surface area (Å²) in [5.74, 6) is 0.135. The monoisotopic (exact) mass is 306 g/mol. The molecule has 0 aliphatic rings. The summed E-state index contributed by atoms with van der Waals surface area (Å²) in [5.41, 5.74) is 2.40. The van der Waals surface area contributed by atoms with Gasteiger partial charge in [-0.15, -0.1) is 5.11 Å². The molecular formula is C19H20N3O+. The molecule has 3 aromatic carbocycles. The van der Waals surface area contributed by atoms with E-state index in [1.54, 1.807) is 6.07 Å². The van der Waals surface area contributed by atoms with Gasteiger partial charge in [-0.25, -0.2) is 0 Å². The number of quaternary nitrogens is 1. The lowest BCUT2D eigenvalue weighted by Gasteiger charge is -2.23. The van der Waals surface area contributed by atoms with Crippen LogP contribution in [0.3, 0.4) is 0 Å². The molecule has 3 aromatic rings. The van der Waals surface area contributed by atoms with Crippen molar-refractivity contribution in [2.45, 2.75) is 0 Å². The summed E-state index contributed by atoms with van der Waals surface area (Å²) in [6.45, 7) is 0. The van der Waals surface area contributed by atoms with Gasteiger partial charge in [-0.1, -0.05) is 24.3 Å². The zero-order valence-electron chi connectivity index (χ0n) is 13.6. The average Bonchev–Trinajstić information content (AvgIpc) is 2.53. The van der Waals surface area contributed by atoms with E-state index in [0.717, 1.165) is 22.1 Å². The normalized spacial score (nSPS) is 12.1. The van der Waals surface area contributed by atoms with Gasteiger partial charge in [0, 0.05) is 11.5 Å². The molecule has 0 fully saturated rings. The number of hydrogen-bond acceptors (Lipinski definition) is 3. The number of phenols is 1. The third-order valence-electron chi connectivity index (χ3n) is 3.75. The summed E-state index contributed by atoms with van der Waals surface area (Å²) in [6.07, 6.45) is 0. The molecule has 0 aromatic heterocycles. The Morgan fingerprint density at radius 3 is 2.22 bits per heavy atom. The molecular weight excluding hydrogens is 286 g/mol. The number of phenolic OH excluding ortho intramolecular Hbond substituents is 1. The highest BCUT2D eigenvalue weighted by Gasteiger charge is 2.15. The van der Waals surface area contributed by atoms with Crippen LogP contribution in [0, 0.1) is 0 Å². The van der Waals surface area contributed by atoms with Crippen LogP contribution >= 0.6 is 0 Å². The van der Waals surface area contributed by atoms with Gasteiger partial charge in [0.2, 0.25) is 0 Å². The molecule has 0 saturated carbocycles. The number of hydrogen-bond donors (Lipinski definition) is 1. The molecule has 0 amide bonds. The van der Waals surface area contributed by atoms with Crippen LogP contribution in [0.5, 0.6) is 5.75 Å². The number of fused-ring (bicyclic) bond motifs is 1. The lowest BCUT2D eigenvalue weighted by atomic mass is 10.1. The molecule has 0 saturated heterocycles. The van der Waals surface area contributed by atoms with Crippen molar-refractivity contribution in [3.63, 3.8) is 0 Å². The fraction of sp³-hybridized carbons (Fsp3) is 0.158. The van der Waals surface area contributed by atoms with Gasteiger partial charge in [-0.3, -0.25) is 4.48 Å². The number of rotatable bonds is 3. The molecule has 0 unspecified atom stereocenters. The molecule has 1 N–H and O–H groups in total. The van der Waals surface area contributed by atoms with E-state index in [9.17, 15) is 5.11 Å². The molecule has 23 heavy (non-hydrogen) atoms. The van der Waals surface area contributed by atoms with Crippen molar-refractivity contribution < 1.29 is 5.11 Å². The molecule has 3 rings (SSSR count). The first-order chi connectivity index (χ1) is 10.9. The Labute approximate surface area is 135 Å². The van der Waals surface area contributed by atoms with Crippen LogP contribution in [0.2, 0.25) is 0 Å². The van der Waals surface area contributed by atoms with Gasteiger partial charge >= 0.3 is 0 Å². The highest BCUT2D eigenvalue weighted by molar-refractivity contribution is 5.97. The Hall–Kier alpha value is -2.72. The lowest BCUT2D eigenvalue weighted by Crippen LogP contribution is -2.34. The van der Waals surface area contributed by atoms with Gasteiger partial charge in [0.15, 0.2) is 0 Å². The zero-order chi connectivity index (χ0) is 16.4. The van der Waals surface area contributed by atoms with E-state index < -0.39 is 0 Å². The van der Waals surface area contributed by atoms with Gasteiger partial charge in [-0.05, 0) is 35.7 Å².